The van der Waals surface area contributed by atoms with Crippen molar-refractivity contribution < 1.29 is 13.6 Å². The first kappa shape index (κ1) is 14.1. The van der Waals surface area contributed by atoms with Gasteiger partial charge in [-0.2, -0.15) is 0 Å². The molecule has 106 valence electrons. The number of rotatable bonds is 2. The van der Waals surface area contributed by atoms with Gasteiger partial charge >= 0.3 is 0 Å². The van der Waals surface area contributed by atoms with Gasteiger partial charge in [0, 0.05) is 0 Å². The van der Waals surface area contributed by atoms with Crippen molar-refractivity contribution in [2.24, 2.45) is 0 Å². The van der Waals surface area contributed by atoms with E-state index < -0.39 is 8.65 Å². The van der Waals surface area contributed by atoms with Crippen molar-refractivity contribution >= 4 is 37.6 Å². The van der Waals surface area contributed by atoms with Crippen LogP contribution in [0.25, 0.3) is 0 Å². The van der Waals surface area contributed by atoms with Gasteiger partial charge in [0.05, 0.1) is 33.0 Å². The highest BCUT2D eigenvalue weighted by atomic mass is 79.9. The molecule has 1 fully saturated rings. The van der Waals surface area contributed by atoms with Crippen molar-refractivity contribution in [2.45, 2.75) is 34.3 Å². The zero-order valence-corrected chi connectivity index (χ0v) is 14.3. The first-order valence-electron chi connectivity index (χ1n) is 6.36. The Hall–Kier alpha value is -0.810. The van der Waals surface area contributed by atoms with Gasteiger partial charge < -0.3 is 8.83 Å². The topological polar surface area (TPSA) is 43.4 Å². The molecule has 3 rings (SSSR count). The molecule has 0 spiro atoms. The lowest BCUT2D eigenvalue weighted by Gasteiger charge is -2.26. The van der Waals surface area contributed by atoms with Gasteiger partial charge in [-0.25, -0.2) is 0 Å². The van der Waals surface area contributed by atoms with E-state index in [1.165, 1.54) is 0 Å². The Morgan fingerprint density at radius 3 is 1.65 bits per heavy atom. The molecule has 1 aliphatic carbocycles. The Morgan fingerprint density at radius 1 is 0.950 bits per heavy atom. The van der Waals surface area contributed by atoms with Crippen LogP contribution in [0.5, 0.6) is 0 Å². The van der Waals surface area contributed by atoms with Crippen molar-refractivity contribution in [2.75, 3.05) is 0 Å². The number of hydrogen-bond acceptors (Lipinski definition) is 3. The minimum atomic E-state index is -0.708. The number of alkyl halides is 2. The minimum absolute atomic E-state index is 0.0906. The molecule has 0 aliphatic heterocycles. The van der Waals surface area contributed by atoms with Gasteiger partial charge in [-0.3, -0.25) is 4.79 Å². The molecular weight excluding hydrogens is 388 g/mol. The van der Waals surface area contributed by atoms with Crippen LogP contribution in [0.1, 0.15) is 37.2 Å². The van der Waals surface area contributed by atoms with Crippen LogP contribution in [-0.4, -0.2) is 14.4 Å². The largest absolute Gasteiger partial charge is 0.469 e. The third-order valence-electron chi connectivity index (χ3n) is 4.09. The number of carbonyl (C=O) groups is 1. The third kappa shape index (κ3) is 1.86. The van der Waals surface area contributed by atoms with Crippen LogP contribution >= 0.6 is 31.9 Å². The van der Waals surface area contributed by atoms with E-state index in [2.05, 4.69) is 31.9 Å². The summed E-state index contributed by atoms with van der Waals surface area (Å²) in [5.41, 5.74) is 0. The molecule has 20 heavy (non-hydrogen) atoms. The number of carbonyl (C=O) groups excluding carboxylic acids is 1. The van der Waals surface area contributed by atoms with E-state index in [1.54, 1.807) is 12.5 Å². The molecule has 4 atom stereocenters. The Labute approximate surface area is 134 Å². The monoisotopic (exact) mass is 400 g/mol. The predicted octanol–water partition coefficient (Wildman–Crippen LogP) is 4.63. The second-order valence-electron chi connectivity index (χ2n) is 5.47. The molecule has 1 saturated carbocycles. The maximum Gasteiger partial charge on any atom is 0.167 e. The molecule has 0 N–H and O–H groups in total. The first-order chi connectivity index (χ1) is 9.37. The fourth-order valence-electron chi connectivity index (χ4n) is 3.19. The van der Waals surface area contributed by atoms with E-state index in [4.69, 9.17) is 8.83 Å². The van der Waals surface area contributed by atoms with Crippen molar-refractivity contribution in [1.29, 1.82) is 0 Å². The second-order valence-corrected chi connectivity index (χ2v) is 8.76. The van der Waals surface area contributed by atoms with Gasteiger partial charge in [-0.05, 0) is 38.1 Å². The van der Waals surface area contributed by atoms with E-state index in [1.807, 2.05) is 38.1 Å². The van der Waals surface area contributed by atoms with Crippen molar-refractivity contribution in [3.05, 3.63) is 48.3 Å². The normalized spacial score (nSPS) is 37.5. The van der Waals surface area contributed by atoms with E-state index in [0.717, 1.165) is 11.5 Å². The van der Waals surface area contributed by atoms with Crippen molar-refractivity contribution in [3.8, 4) is 0 Å². The van der Waals surface area contributed by atoms with Gasteiger partial charge in [0.25, 0.3) is 0 Å². The fraction of sp³-hybridized carbons (Fsp3) is 0.400. The molecule has 5 heteroatoms. The summed E-state index contributed by atoms with van der Waals surface area (Å²) in [7, 11) is 0. The van der Waals surface area contributed by atoms with E-state index in [-0.39, 0.29) is 17.6 Å². The Morgan fingerprint density at radius 2 is 1.35 bits per heavy atom. The number of ketones is 1. The molecule has 0 aromatic carbocycles. The summed E-state index contributed by atoms with van der Waals surface area (Å²) in [5, 5.41) is 0. The van der Waals surface area contributed by atoms with Crippen molar-refractivity contribution in [1.82, 2.24) is 0 Å². The zero-order valence-electron chi connectivity index (χ0n) is 11.1. The average Bonchev–Trinajstić information content (AvgIpc) is 3.07. The fourth-order valence-corrected chi connectivity index (χ4v) is 5.26. The summed E-state index contributed by atoms with van der Waals surface area (Å²) in [6, 6.07) is 7.49. The van der Waals surface area contributed by atoms with Crippen LogP contribution in [0.15, 0.2) is 45.6 Å². The van der Waals surface area contributed by atoms with Crippen LogP contribution in [0.4, 0.5) is 0 Å². The van der Waals surface area contributed by atoms with Gasteiger partial charge in [0.15, 0.2) is 5.78 Å². The number of halogens is 2. The molecule has 0 saturated heterocycles. The summed E-state index contributed by atoms with van der Waals surface area (Å²) >= 11 is 7.23. The van der Waals surface area contributed by atoms with E-state index in [9.17, 15) is 4.79 Å². The average molecular weight is 402 g/mol. The molecule has 0 bridgehead atoms. The standard InChI is InChI=1S/C15H14Br2O3/c1-14(16)11(9-5-3-7-19-9)12(10-6-4-8-20-10)15(2,17)13(14)18/h3-8,11-12H,1-2H3/t11-,12-,14-,15+/m0/s1. The second kappa shape index (κ2) is 4.60. The molecule has 2 aromatic heterocycles. The molecule has 3 nitrogen and oxygen atoms in total. The summed E-state index contributed by atoms with van der Waals surface area (Å²) in [6.07, 6.45) is 3.26. The lowest BCUT2D eigenvalue weighted by atomic mass is 9.84. The maximum atomic E-state index is 12.8. The van der Waals surface area contributed by atoms with E-state index in [0.29, 0.717) is 0 Å². The molecule has 0 amide bonds. The lowest BCUT2D eigenvalue weighted by molar-refractivity contribution is -0.120. The van der Waals surface area contributed by atoms with Crippen LogP contribution < -0.4 is 0 Å². The lowest BCUT2D eigenvalue weighted by Crippen LogP contribution is -2.35. The first-order valence-corrected chi connectivity index (χ1v) is 7.95. The summed E-state index contributed by atoms with van der Waals surface area (Å²) in [5.74, 6) is 1.37. The van der Waals surface area contributed by atoms with E-state index >= 15 is 0 Å². The number of Topliss-reactive ketones (excluding diaryl/α,β-unsaturated/α-hetero) is 1. The molecule has 0 unspecified atom stereocenters. The van der Waals surface area contributed by atoms with Crippen LogP contribution in [0.3, 0.4) is 0 Å². The summed E-state index contributed by atoms with van der Waals surface area (Å²) in [4.78, 5) is 12.8. The van der Waals surface area contributed by atoms with Gasteiger partial charge in [0.1, 0.15) is 11.5 Å². The molecular formula is C15H14Br2O3. The minimum Gasteiger partial charge on any atom is -0.469 e. The maximum absolute atomic E-state index is 12.8. The Balaban J connectivity index is 2.19. The quantitative estimate of drug-likeness (QED) is 0.689. The molecule has 1 aliphatic rings. The summed E-state index contributed by atoms with van der Waals surface area (Å²) < 4.78 is 9.74. The number of furan rings is 2. The Kier molecular flexibility index (Phi) is 3.25. The highest BCUT2D eigenvalue weighted by Gasteiger charge is 2.64. The third-order valence-corrected chi connectivity index (χ3v) is 5.80. The van der Waals surface area contributed by atoms with Crippen molar-refractivity contribution in [3.63, 3.8) is 0 Å². The highest BCUT2D eigenvalue weighted by molar-refractivity contribution is 9.11. The van der Waals surface area contributed by atoms with Crippen LogP contribution in [0.2, 0.25) is 0 Å². The number of hydrogen-bond donors (Lipinski definition) is 0. The van der Waals surface area contributed by atoms with Gasteiger partial charge in [0.2, 0.25) is 0 Å². The smallest absolute Gasteiger partial charge is 0.167 e. The predicted molar refractivity (Wildman–Crippen MR) is 82.6 cm³/mol. The van der Waals surface area contributed by atoms with Crippen LogP contribution in [-0.2, 0) is 4.79 Å². The van der Waals surface area contributed by atoms with Crippen LogP contribution in [0, 0.1) is 0 Å². The zero-order chi connectivity index (χ0) is 14.5. The molecule has 0 radical (unpaired) electrons. The molecule has 2 aromatic rings. The van der Waals surface area contributed by atoms with Gasteiger partial charge in [-0.15, -0.1) is 0 Å². The highest BCUT2D eigenvalue weighted by Crippen LogP contribution is 2.61. The van der Waals surface area contributed by atoms with Gasteiger partial charge in [-0.1, -0.05) is 31.9 Å². The molecule has 2 heterocycles. The summed E-state index contributed by atoms with van der Waals surface area (Å²) in [6.45, 7) is 3.79. The Bertz CT molecular complexity index is 557. The SMILES string of the molecule is C[C@]1(Br)C(=O)[C@@](C)(Br)[C@@H](c2ccco2)[C@@H]1c1ccco1.